The third-order valence-electron chi connectivity index (χ3n) is 1.46. The molecule has 0 aliphatic rings. The lowest BCUT2D eigenvalue weighted by Crippen LogP contribution is -1.84. The molecule has 0 spiro atoms. The van der Waals surface area contributed by atoms with Gasteiger partial charge >= 0.3 is 0 Å². The van der Waals surface area contributed by atoms with Crippen LogP contribution in [0.25, 0.3) is 11.0 Å². The molecule has 4 heteroatoms. The van der Waals surface area contributed by atoms with Gasteiger partial charge in [0.25, 0.3) is 0 Å². The van der Waals surface area contributed by atoms with E-state index in [4.69, 9.17) is 0 Å². The van der Waals surface area contributed by atoms with Gasteiger partial charge in [0, 0.05) is 13.2 Å². The lowest BCUT2D eigenvalue weighted by atomic mass is 10.4. The molecule has 0 bridgehead atoms. The Morgan fingerprint density at radius 2 is 2.45 bits per heavy atom. The highest BCUT2D eigenvalue weighted by atomic mass is 32.1. The van der Waals surface area contributed by atoms with E-state index in [1.807, 2.05) is 19.2 Å². The highest BCUT2D eigenvalue weighted by Crippen LogP contribution is 2.23. The van der Waals surface area contributed by atoms with E-state index >= 15 is 0 Å². The fourth-order valence-corrected chi connectivity index (χ4v) is 1.62. The zero-order chi connectivity index (χ0) is 7.68. The van der Waals surface area contributed by atoms with Gasteiger partial charge < -0.3 is 5.32 Å². The van der Waals surface area contributed by atoms with Crippen LogP contribution in [0.2, 0.25) is 0 Å². The van der Waals surface area contributed by atoms with Gasteiger partial charge in [-0.05, 0) is 23.7 Å². The van der Waals surface area contributed by atoms with Crippen molar-refractivity contribution in [2.24, 2.45) is 0 Å². The van der Waals surface area contributed by atoms with Gasteiger partial charge in [0.15, 0.2) is 0 Å². The first-order valence-electron chi connectivity index (χ1n) is 3.30. The average molecular weight is 165 g/mol. The first-order valence-corrected chi connectivity index (χ1v) is 4.07. The first kappa shape index (κ1) is 6.54. The van der Waals surface area contributed by atoms with E-state index in [1.165, 1.54) is 11.5 Å². The van der Waals surface area contributed by atoms with Crippen LogP contribution in [0.5, 0.6) is 0 Å². The van der Waals surface area contributed by atoms with E-state index in [2.05, 4.69) is 14.7 Å². The van der Waals surface area contributed by atoms with Crippen LogP contribution < -0.4 is 5.32 Å². The number of nitrogens with zero attached hydrogens (tertiary/aromatic N) is 2. The van der Waals surface area contributed by atoms with Gasteiger partial charge in [0.2, 0.25) is 0 Å². The van der Waals surface area contributed by atoms with E-state index in [-0.39, 0.29) is 0 Å². The second-order valence-corrected chi connectivity index (χ2v) is 2.91. The average Bonchev–Trinajstić information content (AvgIpc) is 2.47. The number of rotatable bonds is 1. The summed E-state index contributed by atoms with van der Waals surface area (Å²) in [5, 5.41) is 4.07. The SMILES string of the molecule is CNc1snc2cccnc12. The predicted octanol–water partition coefficient (Wildman–Crippen LogP) is 1.73. The maximum atomic E-state index is 4.21. The van der Waals surface area contributed by atoms with Crippen molar-refractivity contribution in [1.82, 2.24) is 9.36 Å². The highest BCUT2D eigenvalue weighted by Gasteiger charge is 2.02. The smallest absolute Gasteiger partial charge is 0.135 e. The molecular formula is C7H7N3S. The van der Waals surface area contributed by atoms with Crippen molar-refractivity contribution in [3.63, 3.8) is 0 Å². The van der Waals surface area contributed by atoms with Crippen LogP contribution in [-0.4, -0.2) is 16.4 Å². The van der Waals surface area contributed by atoms with Gasteiger partial charge in [-0.2, -0.15) is 4.37 Å². The van der Waals surface area contributed by atoms with Crippen molar-refractivity contribution in [3.05, 3.63) is 18.3 Å². The lowest BCUT2D eigenvalue weighted by molar-refractivity contribution is 1.41. The molecule has 0 atom stereocenters. The Bertz CT molecular complexity index is 368. The van der Waals surface area contributed by atoms with E-state index < -0.39 is 0 Å². The van der Waals surface area contributed by atoms with Crippen molar-refractivity contribution in [2.45, 2.75) is 0 Å². The Labute approximate surface area is 68.2 Å². The Kier molecular flexibility index (Phi) is 1.47. The first-order chi connectivity index (χ1) is 5.42. The van der Waals surface area contributed by atoms with Crippen LogP contribution in [0.1, 0.15) is 0 Å². The molecule has 56 valence electrons. The molecule has 0 aliphatic heterocycles. The predicted molar refractivity (Wildman–Crippen MR) is 47.0 cm³/mol. The Balaban J connectivity index is 2.76. The molecule has 11 heavy (non-hydrogen) atoms. The molecule has 1 N–H and O–H groups in total. The molecule has 0 amide bonds. The zero-order valence-corrected chi connectivity index (χ0v) is 6.85. The standard InChI is InChI=1S/C7H7N3S/c1-8-7-6-5(10-11-7)3-2-4-9-6/h2-4,8H,1H3. The number of anilines is 1. The molecule has 2 heterocycles. The number of nitrogens with one attached hydrogen (secondary N) is 1. The second-order valence-electron chi connectivity index (χ2n) is 2.13. The van der Waals surface area contributed by atoms with Gasteiger partial charge in [-0.3, -0.25) is 4.98 Å². The van der Waals surface area contributed by atoms with Crippen LogP contribution in [0, 0.1) is 0 Å². The minimum absolute atomic E-state index is 0.958. The fraction of sp³-hybridized carbons (Fsp3) is 0.143. The summed E-state index contributed by atoms with van der Waals surface area (Å²) in [4.78, 5) is 4.20. The largest absolute Gasteiger partial charge is 0.377 e. The molecule has 0 aromatic carbocycles. The van der Waals surface area contributed by atoms with E-state index in [9.17, 15) is 0 Å². The van der Waals surface area contributed by atoms with Crippen molar-refractivity contribution < 1.29 is 0 Å². The van der Waals surface area contributed by atoms with Crippen molar-refractivity contribution >= 4 is 27.6 Å². The molecule has 0 unspecified atom stereocenters. The Hall–Kier alpha value is -1.16. The molecule has 2 aromatic heterocycles. The third kappa shape index (κ3) is 0.952. The molecule has 2 aromatic rings. The van der Waals surface area contributed by atoms with Crippen LogP contribution in [-0.2, 0) is 0 Å². The summed E-state index contributed by atoms with van der Waals surface area (Å²) in [6.07, 6.45) is 1.78. The summed E-state index contributed by atoms with van der Waals surface area (Å²) in [5.74, 6) is 0. The minimum atomic E-state index is 0.958. The summed E-state index contributed by atoms with van der Waals surface area (Å²) in [7, 11) is 1.88. The second kappa shape index (κ2) is 2.47. The molecule has 2 rings (SSSR count). The third-order valence-corrected chi connectivity index (χ3v) is 2.33. The molecule has 0 aliphatic carbocycles. The molecule has 3 nitrogen and oxygen atoms in total. The molecule has 0 radical (unpaired) electrons. The number of hydrogen-bond acceptors (Lipinski definition) is 4. The van der Waals surface area contributed by atoms with E-state index in [1.54, 1.807) is 6.20 Å². The zero-order valence-electron chi connectivity index (χ0n) is 6.03. The number of aromatic nitrogens is 2. The summed E-state index contributed by atoms with van der Waals surface area (Å²) >= 11 is 1.44. The van der Waals surface area contributed by atoms with Crippen LogP contribution in [0.4, 0.5) is 5.00 Å². The molecule has 0 saturated carbocycles. The maximum Gasteiger partial charge on any atom is 0.135 e. The van der Waals surface area contributed by atoms with Gasteiger partial charge in [-0.25, -0.2) is 0 Å². The van der Waals surface area contributed by atoms with Gasteiger partial charge in [0.05, 0.1) is 0 Å². The van der Waals surface area contributed by atoms with Crippen molar-refractivity contribution in [3.8, 4) is 0 Å². The topological polar surface area (TPSA) is 37.8 Å². The number of pyridine rings is 1. The summed E-state index contributed by atoms with van der Waals surface area (Å²) in [5.41, 5.74) is 1.92. The Morgan fingerprint density at radius 1 is 1.55 bits per heavy atom. The number of fused-ring (bicyclic) bond motifs is 1. The molecular weight excluding hydrogens is 158 g/mol. The fourth-order valence-electron chi connectivity index (χ4n) is 0.948. The van der Waals surface area contributed by atoms with Crippen LogP contribution >= 0.6 is 11.5 Å². The van der Waals surface area contributed by atoms with E-state index in [0.717, 1.165) is 16.0 Å². The van der Waals surface area contributed by atoms with Crippen molar-refractivity contribution in [1.29, 1.82) is 0 Å². The van der Waals surface area contributed by atoms with Gasteiger partial charge in [0.1, 0.15) is 16.0 Å². The molecule has 0 fully saturated rings. The Morgan fingerprint density at radius 3 is 3.27 bits per heavy atom. The van der Waals surface area contributed by atoms with Gasteiger partial charge in [-0.15, -0.1) is 0 Å². The van der Waals surface area contributed by atoms with E-state index in [0.29, 0.717) is 0 Å². The number of hydrogen-bond donors (Lipinski definition) is 1. The van der Waals surface area contributed by atoms with Crippen LogP contribution in [0.3, 0.4) is 0 Å². The van der Waals surface area contributed by atoms with Crippen LogP contribution in [0.15, 0.2) is 18.3 Å². The highest BCUT2D eigenvalue weighted by molar-refractivity contribution is 7.11. The summed E-state index contributed by atoms with van der Waals surface area (Å²) in [6.45, 7) is 0. The van der Waals surface area contributed by atoms with Gasteiger partial charge in [-0.1, -0.05) is 0 Å². The normalized spacial score (nSPS) is 10.3. The summed E-state index contributed by atoms with van der Waals surface area (Å²) in [6, 6.07) is 3.85. The lowest BCUT2D eigenvalue weighted by Gasteiger charge is -1.90. The minimum Gasteiger partial charge on any atom is -0.377 e. The molecule has 0 saturated heterocycles. The summed E-state index contributed by atoms with van der Waals surface area (Å²) < 4.78 is 4.21. The maximum absolute atomic E-state index is 4.21. The quantitative estimate of drug-likeness (QED) is 0.699. The monoisotopic (exact) mass is 165 g/mol. The van der Waals surface area contributed by atoms with Crippen molar-refractivity contribution in [2.75, 3.05) is 12.4 Å².